The molecule has 1 atom stereocenters. The lowest BCUT2D eigenvalue weighted by molar-refractivity contribution is -0.0410. The van der Waals surface area contributed by atoms with Gasteiger partial charge in [0.25, 0.3) is 0 Å². The minimum absolute atomic E-state index is 0.0121. The van der Waals surface area contributed by atoms with Crippen molar-refractivity contribution in [1.82, 2.24) is 0 Å². The summed E-state index contributed by atoms with van der Waals surface area (Å²) in [5.74, 6) is -1.24. The molecule has 1 aromatic carbocycles. The van der Waals surface area contributed by atoms with E-state index in [1.807, 2.05) is 0 Å². The number of nitrogens with one attached hydrogen (secondary N) is 1. The van der Waals surface area contributed by atoms with E-state index >= 15 is 0 Å². The number of esters is 1. The van der Waals surface area contributed by atoms with Gasteiger partial charge >= 0.3 is 5.97 Å². The first-order valence-electron chi connectivity index (χ1n) is 5.64. The van der Waals surface area contributed by atoms with E-state index in [0.717, 1.165) is 19.1 Å². The lowest BCUT2D eigenvalue weighted by Gasteiger charge is -2.27. The predicted octanol–water partition coefficient (Wildman–Crippen LogP) is 1.40. The van der Waals surface area contributed by atoms with E-state index in [9.17, 15) is 9.18 Å². The number of hydrogen-bond donors (Lipinski definition) is 2. The van der Waals surface area contributed by atoms with E-state index in [4.69, 9.17) is 10.5 Å². The molecule has 1 saturated heterocycles. The second-order valence-corrected chi connectivity index (χ2v) is 4.07. The normalized spacial score (nSPS) is 18.0. The first kappa shape index (κ1) is 12.6. The lowest BCUT2D eigenvalue weighted by Crippen LogP contribution is -2.33. The van der Waals surface area contributed by atoms with Gasteiger partial charge in [0.05, 0.1) is 30.2 Å². The number of halogens is 1. The maximum Gasteiger partial charge on any atom is 0.338 e. The van der Waals surface area contributed by atoms with Crippen LogP contribution < -0.4 is 11.1 Å². The molecule has 1 unspecified atom stereocenters. The second-order valence-electron chi connectivity index (χ2n) is 4.07. The Morgan fingerprint density at radius 2 is 2.39 bits per heavy atom. The SMILES string of the molecule is COC(=O)c1cc(F)c(N)c(NCC2CCO2)c1. The van der Waals surface area contributed by atoms with E-state index in [1.165, 1.54) is 13.2 Å². The van der Waals surface area contributed by atoms with Crippen molar-refractivity contribution in [3.8, 4) is 0 Å². The average molecular weight is 254 g/mol. The molecule has 5 nitrogen and oxygen atoms in total. The van der Waals surface area contributed by atoms with Gasteiger partial charge in [-0.25, -0.2) is 9.18 Å². The minimum atomic E-state index is -0.644. The van der Waals surface area contributed by atoms with Crippen LogP contribution in [0, 0.1) is 5.82 Å². The van der Waals surface area contributed by atoms with E-state index in [0.29, 0.717) is 12.2 Å². The van der Waals surface area contributed by atoms with Gasteiger partial charge in [0, 0.05) is 13.2 Å². The zero-order chi connectivity index (χ0) is 13.1. The van der Waals surface area contributed by atoms with Crippen molar-refractivity contribution in [2.24, 2.45) is 0 Å². The summed E-state index contributed by atoms with van der Waals surface area (Å²) in [6, 6.07) is 2.54. The van der Waals surface area contributed by atoms with Gasteiger partial charge < -0.3 is 20.5 Å². The highest BCUT2D eigenvalue weighted by Crippen LogP contribution is 2.25. The fourth-order valence-electron chi connectivity index (χ4n) is 1.67. The van der Waals surface area contributed by atoms with Crippen LogP contribution in [-0.4, -0.2) is 32.3 Å². The zero-order valence-electron chi connectivity index (χ0n) is 10.0. The van der Waals surface area contributed by atoms with Gasteiger partial charge in [0.15, 0.2) is 0 Å². The number of methoxy groups -OCH3 is 1. The monoisotopic (exact) mass is 254 g/mol. The highest BCUT2D eigenvalue weighted by Gasteiger charge is 2.19. The van der Waals surface area contributed by atoms with Crippen LogP contribution in [0.3, 0.4) is 0 Å². The average Bonchev–Trinajstić information content (AvgIpc) is 2.31. The number of anilines is 2. The van der Waals surface area contributed by atoms with Crippen molar-refractivity contribution in [1.29, 1.82) is 0 Å². The highest BCUT2D eigenvalue weighted by molar-refractivity contribution is 5.92. The molecule has 0 aliphatic carbocycles. The number of hydrogen-bond acceptors (Lipinski definition) is 5. The molecule has 1 fully saturated rings. The number of rotatable bonds is 4. The van der Waals surface area contributed by atoms with E-state index in [1.54, 1.807) is 0 Å². The first-order valence-corrected chi connectivity index (χ1v) is 5.64. The largest absolute Gasteiger partial charge is 0.465 e. The van der Waals surface area contributed by atoms with Gasteiger partial charge in [0.2, 0.25) is 0 Å². The van der Waals surface area contributed by atoms with Gasteiger partial charge in [-0.05, 0) is 18.6 Å². The minimum Gasteiger partial charge on any atom is -0.465 e. The van der Waals surface area contributed by atoms with Crippen LogP contribution >= 0.6 is 0 Å². The fraction of sp³-hybridized carbons (Fsp3) is 0.417. The summed E-state index contributed by atoms with van der Waals surface area (Å²) >= 11 is 0. The van der Waals surface area contributed by atoms with Crippen molar-refractivity contribution in [2.45, 2.75) is 12.5 Å². The Hall–Kier alpha value is -1.82. The molecule has 0 amide bonds. The molecule has 1 heterocycles. The van der Waals surface area contributed by atoms with Crippen LogP contribution in [0.5, 0.6) is 0 Å². The molecule has 0 aromatic heterocycles. The summed E-state index contributed by atoms with van der Waals surface area (Å²) in [5.41, 5.74) is 6.10. The Labute approximate surface area is 104 Å². The van der Waals surface area contributed by atoms with Gasteiger partial charge in [-0.15, -0.1) is 0 Å². The van der Waals surface area contributed by atoms with E-state index in [-0.39, 0.29) is 17.4 Å². The van der Waals surface area contributed by atoms with Crippen molar-refractivity contribution >= 4 is 17.3 Å². The van der Waals surface area contributed by atoms with Gasteiger partial charge in [-0.2, -0.15) is 0 Å². The van der Waals surface area contributed by atoms with Gasteiger partial charge in [0.1, 0.15) is 5.82 Å². The molecule has 1 aliphatic heterocycles. The van der Waals surface area contributed by atoms with Gasteiger partial charge in [-0.3, -0.25) is 0 Å². The summed E-state index contributed by atoms with van der Waals surface area (Å²) in [6.45, 7) is 1.28. The van der Waals surface area contributed by atoms with Crippen molar-refractivity contribution in [2.75, 3.05) is 31.3 Å². The molecule has 1 aliphatic rings. The molecule has 18 heavy (non-hydrogen) atoms. The third-order valence-corrected chi connectivity index (χ3v) is 2.86. The number of ether oxygens (including phenoxy) is 2. The molecule has 0 saturated carbocycles. The molecule has 3 N–H and O–H groups in total. The summed E-state index contributed by atoms with van der Waals surface area (Å²) < 4.78 is 23.3. The van der Waals surface area contributed by atoms with Crippen molar-refractivity contribution < 1.29 is 18.7 Å². The Morgan fingerprint density at radius 3 is 2.94 bits per heavy atom. The molecule has 2 rings (SSSR count). The van der Waals surface area contributed by atoms with Gasteiger partial charge in [-0.1, -0.05) is 0 Å². The highest BCUT2D eigenvalue weighted by atomic mass is 19.1. The second kappa shape index (κ2) is 5.22. The smallest absolute Gasteiger partial charge is 0.338 e. The van der Waals surface area contributed by atoms with Crippen LogP contribution in [-0.2, 0) is 9.47 Å². The van der Waals surface area contributed by atoms with Crippen molar-refractivity contribution in [3.05, 3.63) is 23.5 Å². The first-order chi connectivity index (χ1) is 8.61. The third kappa shape index (κ3) is 2.53. The van der Waals surface area contributed by atoms with Crippen LogP contribution in [0.25, 0.3) is 0 Å². The maximum atomic E-state index is 13.6. The molecule has 98 valence electrons. The fourth-order valence-corrected chi connectivity index (χ4v) is 1.67. The Balaban J connectivity index is 2.15. The topological polar surface area (TPSA) is 73.6 Å². The van der Waals surface area contributed by atoms with Crippen LogP contribution in [0.4, 0.5) is 15.8 Å². The zero-order valence-corrected chi connectivity index (χ0v) is 10.0. The molecule has 1 aromatic rings. The van der Waals surface area contributed by atoms with E-state index in [2.05, 4.69) is 10.1 Å². The number of carbonyl (C=O) groups is 1. The molecule has 0 radical (unpaired) electrons. The Morgan fingerprint density at radius 1 is 1.67 bits per heavy atom. The number of carbonyl (C=O) groups excluding carboxylic acids is 1. The van der Waals surface area contributed by atoms with Crippen LogP contribution in [0.2, 0.25) is 0 Å². The standard InChI is InChI=1S/C12H15FN2O3/c1-17-12(16)7-4-9(13)11(14)10(5-7)15-6-8-2-3-18-8/h4-5,8,15H,2-3,6,14H2,1H3. The lowest BCUT2D eigenvalue weighted by atomic mass is 10.1. The molecule has 6 heteroatoms. The van der Waals surface area contributed by atoms with E-state index < -0.39 is 11.8 Å². The summed E-state index contributed by atoms with van der Waals surface area (Å²) in [6.07, 6.45) is 1.08. The molecular formula is C12H15FN2O3. The summed E-state index contributed by atoms with van der Waals surface area (Å²) in [7, 11) is 1.24. The molecular weight excluding hydrogens is 239 g/mol. The van der Waals surface area contributed by atoms with Crippen LogP contribution in [0.15, 0.2) is 12.1 Å². The third-order valence-electron chi connectivity index (χ3n) is 2.86. The Kier molecular flexibility index (Phi) is 3.66. The summed E-state index contributed by atoms with van der Waals surface area (Å²) in [4.78, 5) is 11.4. The van der Waals surface area contributed by atoms with Crippen molar-refractivity contribution in [3.63, 3.8) is 0 Å². The summed E-state index contributed by atoms with van der Waals surface area (Å²) in [5, 5.41) is 2.98. The van der Waals surface area contributed by atoms with Crippen LogP contribution in [0.1, 0.15) is 16.8 Å². The number of benzene rings is 1. The quantitative estimate of drug-likeness (QED) is 0.627. The number of nitrogens with two attached hydrogens (primary N) is 1. The maximum absolute atomic E-state index is 13.6. The predicted molar refractivity (Wildman–Crippen MR) is 65.0 cm³/mol. The number of nitrogen functional groups attached to an aromatic ring is 1. The molecule has 0 bridgehead atoms. The Bertz CT molecular complexity index is 461. The molecule has 0 spiro atoms.